The molecule has 0 saturated heterocycles. The van der Waals surface area contributed by atoms with Gasteiger partial charge in [0, 0.05) is 0 Å². The van der Waals surface area contributed by atoms with E-state index in [0.717, 1.165) is 0 Å². The van der Waals surface area contributed by atoms with Gasteiger partial charge in [-0.05, 0) is 0 Å². The Morgan fingerprint density at radius 3 is 0.261 bits per heavy atom. The van der Waals surface area contributed by atoms with Crippen LogP contribution in [0.1, 0.15) is 0 Å². The number of hydrogen-bond donors (Lipinski definition) is 0. The molecule has 0 aliphatic rings. The molecule has 6 radical (unpaired) electrons. The summed E-state index contributed by atoms with van der Waals surface area (Å²) in [5.41, 5.74) is 0. The maximum absolute atomic E-state index is 8.61. The van der Waals surface area contributed by atoms with Gasteiger partial charge in [0.2, 0.25) is 0 Å². The van der Waals surface area contributed by atoms with E-state index in [9.17, 15) is 0 Å². The third kappa shape index (κ3) is 1350. The Balaban J connectivity index is -0.0000000153. The van der Waals surface area contributed by atoms with Crippen molar-refractivity contribution in [1.82, 2.24) is 0 Å². The third-order valence-corrected chi connectivity index (χ3v) is 0. The molecule has 30 nitrogen and oxygen atoms in total. The smallest absolute Gasteiger partial charge is 2.00 e. The van der Waals surface area contributed by atoms with Gasteiger partial charge in [0.1, 0.15) is 0 Å². The van der Waals surface area contributed by atoms with Crippen LogP contribution in [0.4, 0.5) is 0 Å². The summed E-state index contributed by atoms with van der Waals surface area (Å²) in [6.07, 6.45) is 0. The molecule has 0 aromatic rings. The summed E-state index contributed by atoms with van der Waals surface area (Å²) >= 11 is -42.5. The van der Waals surface area contributed by atoms with Crippen molar-refractivity contribution in [1.29, 1.82) is 0 Å². The molecule has 0 N–H and O–H groups in total. The second-order valence-corrected chi connectivity index (χ2v) is 14.0. The van der Waals surface area contributed by atoms with Crippen molar-refractivity contribution in [2.45, 2.75) is 0 Å². The molecule has 0 aromatic carbocycles. The standard InChI is InChI=1S/3La.5Nb.30O.3Pb.5Zr/q3*+3;;;;;;;;;;;;;;;;;;;;;15*-1;3*+2;;;;;. The molecule has 0 fully saturated rings. The third-order valence-electron chi connectivity index (χ3n) is 0. The van der Waals surface area contributed by atoms with Gasteiger partial charge in [-0.3, -0.25) is 0 Å². The molecule has 0 atom stereocenters. The predicted octanol–water partition coefficient (Wildman–Crippen LogP) is -20.8. The quantitative estimate of drug-likeness (QED) is 0.203. The molecule has 0 amide bonds. The molecule has 0 aliphatic heterocycles. The summed E-state index contributed by atoms with van der Waals surface area (Å²) in [6, 6.07) is 0. The van der Waals surface area contributed by atoms with Gasteiger partial charge in [0.25, 0.3) is 0 Å². The molecule has 46 heteroatoms. The van der Waals surface area contributed by atoms with E-state index in [1.54, 1.807) is 0 Å². The fraction of sp³-hybridized carbons (Fsp3) is 0. The molecule has 0 bridgehead atoms. The molecule has 246 valence electrons. The predicted molar refractivity (Wildman–Crippen MR) is 27.6 cm³/mol. The van der Waals surface area contributed by atoms with E-state index in [2.05, 4.69) is 0 Å². The van der Waals surface area contributed by atoms with Crippen molar-refractivity contribution in [2.75, 3.05) is 0 Å². The van der Waals surface area contributed by atoms with Crippen LogP contribution in [0.15, 0.2) is 0 Å². The zero-order valence-corrected chi connectivity index (χ0v) is 66.0. The normalized spacial score (nSPS) is 5.54. The summed E-state index contributed by atoms with van der Waals surface area (Å²) in [7, 11) is 0. The van der Waals surface area contributed by atoms with Crippen LogP contribution in [0.3, 0.4) is 0 Å². The first kappa shape index (κ1) is 106. The Bertz CT molecular complexity index is 770. The first-order valence-corrected chi connectivity index (χ1v) is 34.3. The average Bonchev–Trinajstić information content (AvgIpc) is 2.47. The first-order valence-electron chi connectivity index (χ1n) is 5.80. The number of hydrogen-bond acceptors (Lipinski definition) is 30. The molecule has 0 heterocycles. The van der Waals surface area contributed by atoms with Crippen molar-refractivity contribution >= 4 is 81.9 Å². The van der Waals surface area contributed by atoms with Gasteiger partial charge in [0.05, 0.1) is 0 Å². The minimum absolute atomic E-state index is 0. The summed E-state index contributed by atoms with van der Waals surface area (Å²) in [4.78, 5) is 0. The molecular weight excluding hydrogens is 2440 g/mol. The maximum atomic E-state index is 8.61. The Kier molecular flexibility index (Phi) is 233. The Morgan fingerprint density at radius 1 is 0.261 bits per heavy atom. The zero-order chi connectivity index (χ0) is 35.8. The molecular formula is La3Nb5O30Pb3Zr5. The van der Waals surface area contributed by atoms with Crippen LogP contribution in [-0.2, 0) is 254 Å². The monoisotopic (exact) mass is 2430 g/mol. The van der Waals surface area contributed by atoms with Crippen LogP contribution >= 0.6 is 0 Å². The molecule has 0 aliphatic carbocycles. The van der Waals surface area contributed by atoms with Crippen molar-refractivity contribution in [3.8, 4) is 0 Å². The second-order valence-electron chi connectivity index (χ2n) is 2.37. The molecule has 0 spiro atoms. The zero-order valence-electron chi connectivity index (χ0n) is 20.2. The molecule has 46 heavy (non-hydrogen) atoms. The van der Waals surface area contributed by atoms with Crippen molar-refractivity contribution < 1.29 is 410 Å². The van der Waals surface area contributed by atoms with Crippen molar-refractivity contribution in [3.05, 3.63) is 0 Å². The van der Waals surface area contributed by atoms with Gasteiger partial charge in [-0.2, -0.15) is 0 Å². The molecule has 0 unspecified atom stereocenters. The maximum Gasteiger partial charge on any atom is 2.00 e. The van der Waals surface area contributed by atoms with E-state index in [1.807, 2.05) is 0 Å². The van der Waals surface area contributed by atoms with Crippen LogP contribution in [0, 0.1) is 107 Å². The second kappa shape index (κ2) is 101. The van der Waals surface area contributed by atoms with E-state index in [0.29, 0.717) is 0 Å². The summed E-state index contributed by atoms with van der Waals surface area (Å²) in [5.74, 6) is 0. The van der Waals surface area contributed by atoms with Gasteiger partial charge in [-0.1, -0.05) is 0 Å². The molecule has 0 rings (SSSR count). The van der Waals surface area contributed by atoms with Crippen molar-refractivity contribution in [3.63, 3.8) is 0 Å². The van der Waals surface area contributed by atoms with Crippen molar-refractivity contribution in [2.24, 2.45) is 0 Å². The first-order chi connectivity index (χ1) is 17.3. The minimum atomic E-state index is -4.29. The van der Waals surface area contributed by atoms with E-state index < -0.39 is 207 Å². The van der Waals surface area contributed by atoms with Gasteiger partial charge in [0.15, 0.2) is 0 Å². The average molecular weight is 2440 g/mol. The van der Waals surface area contributed by atoms with Gasteiger partial charge in [-0.25, -0.2) is 0 Å². The fourth-order valence-corrected chi connectivity index (χ4v) is 0. The summed E-state index contributed by atoms with van der Waals surface area (Å²) in [5, 5.41) is 0. The molecule has 0 saturated carbocycles. The van der Waals surface area contributed by atoms with Crippen LogP contribution in [0.25, 0.3) is 0 Å². The Morgan fingerprint density at radius 2 is 0.261 bits per heavy atom. The van der Waals surface area contributed by atoms with E-state index >= 15 is 0 Å². The fourth-order valence-electron chi connectivity index (χ4n) is 0. The van der Waals surface area contributed by atoms with Gasteiger partial charge < -0.3 is 0 Å². The van der Waals surface area contributed by atoms with Crippen LogP contribution in [0.5, 0.6) is 0 Å². The Labute approximate surface area is 478 Å². The summed E-state index contributed by atoms with van der Waals surface area (Å²) < 4.78 is 258. The van der Waals surface area contributed by atoms with E-state index in [-0.39, 0.29) is 189 Å². The number of rotatable bonds is 0. The molecule has 0 aromatic heterocycles. The van der Waals surface area contributed by atoms with E-state index in [1.165, 1.54) is 0 Å². The van der Waals surface area contributed by atoms with Crippen LogP contribution in [-0.4, -0.2) is 81.9 Å². The van der Waals surface area contributed by atoms with Crippen LogP contribution in [0.2, 0.25) is 0 Å². The Hall–Kier alpha value is 10.9. The van der Waals surface area contributed by atoms with E-state index in [4.69, 9.17) is 96.5 Å². The largest absolute Gasteiger partial charge is 2.00 e. The van der Waals surface area contributed by atoms with Gasteiger partial charge >= 0.3 is 492 Å². The summed E-state index contributed by atoms with van der Waals surface area (Å²) in [6.45, 7) is 0. The van der Waals surface area contributed by atoms with Crippen LogP contribution < -0.4 is 49.9 Å². The minimum Gasteiger partial charge on any atom is 2.00 e. The SMILES string of the molecule is [La+3].[La+3].[La+3].[O]=[Nb](=[O])[O-].[O]=[Nb](=[O])[O-].[O]=[Nb](=[O])[O-].[O]=[Nb](=[O])[O-].[O]=[Nb](=[O])[O-].[O]=[Zr]([O-])[O-].[O]=[Zr]([O-])[O-].[O]=[Zr]([O-])[O-].[O]=[Zr]([O-])[O-].[O]=[Zr]([O-])[O-].[Pb+2].[Pb+2].[Pb+2]. The van der Waals surface area contributed by atoms with Gasteiger partial charge in [-0.15, -0.1) is 0 Å². The topological polar surface area (TPSA) is 602 Å².